The van der Waals surface area contributed by atoms with E-state index in [9.17, 15) is 0 Å². The molecule has 0 aromatic heterocycles. The first-order valence-electron chi connectivity index (χ1n) is 4.88. The van der Waals surface area contributed by atoms with Crippen LogP contribution in [-0.4, -0.2) is 6.04 Å². The molecule has 0 amide bonds. The van der Waals surface area contributed by atoms with Crippen LogP contribution in [0.2, 0.25) is 0 Å². The fourth-order valence-electron chi connectivity index (χ4n) is 1.33. The van der Waals surface area contributed by atoms with Gasteiger partial charge >= 0.3 is 0 Å². The highest BCUT2D eigenvalue weighted by Gasteiger charge is 2.05. The molecule has 2 N–H and O–H groups in total. The highest BCUT2D eigenvalue weighted by molar-refractivity contribution is 5.35. The SMILES string of the molecule is NC1C=CC=CC1=COc1ccccc1. The number of hydrogen-bond donors (Lipinski definition) is 1. The minimum Gasteiger partial charge on any atom is -0.465 e. The van der Waals surface area contributed by atoms with Crippen LogP contribution in [0, 0.1) is 0 Å². The highest BCUT2D eigenvalue weighted by atomic mass is 16.5. The maximum absolute atomic E-state index is 5.86. The van der Waals surface area contributed by atoms with Crippen LogP contribution in [0.3, 0.4) is 0 Å². The molecule has 0 fully saturated rings. The van der Waals surface area contributed by atoms with Crippen molar-refractivity contribution >= 4 is 0 Å². The van der Waals surface area contributed by atoms with Gasteiger partial charge in [-0.3, -0.25) is 0 Å². The van der Waals surface area contributed by atoms with Crippen molar-refractivity contribution in [3.63, 3.8) is 0 Å². The maximum Gasteiger partial charge on any atom is 0.126 e. The molecule has 1 aromatic carbocycles. The molecule has 1 aliphatic rings. The quantitative estimate of drug-likeness (QED) is 0.742. The van der Waals surface area contributed by atoms with Gasteiger partial charge in [-0.1, -0.05) is 42.5 Å². The third kappa shape index (κ3) is 2.58. The molecule has 0 radical (unpaired) electrons. The minimum atomic E-state index is -0.0706. The summed E-state index contributed by atoms with van der Waals surface area (Å²) in [5, 5.41) is 0. The zero-order chi connectivity index (χ0) is 10.5. The van der Waals surface area contributed by atoms with Crippen molar-refractivity contribution in [2.75, 3.05) is 0 Å². The van der Waals surface area contributed by atoms with E-state index in [1.807, 2.05) is 54.6 Å². The summed E-state index contributed by atoms with van der Waals surface area (Å²) < 4.78 is 5.49. The van der Waals surface area contributed by atoms with Gasteiger partial charge in [0.15, 0.2) is 0 Å². The Morgan fingerprint density at radius 2 is 1.93 bits per heavy atom. The Morgan fingerprint density at radius 3 is 2.67 bits per heavy atom. The van der Waals surface area contributed by atoms with Crippen LogP contribution in [0.25, 0.3) is 0 Å². The van der Waals surface area contributed by atoms with Gasteiger partial charge in [-0.05, 0) is 12.1 Å². The summed E-state index contributed by atoms with van der Waals surface area (Å²) in [7, 11) is 0. The molecule has 76 valence electrons. The molecule has 0 heterocycles. The lowest BCUT2D eigenvalue weighted by Crippen LogP contribution is -2.20. The average Bonchev–Trinajstić information content (AvgIpc) is 2.29. The normalized spacial score (nSPS) is 21.9. The lowest BCUT2D eigenvalue weighted by Gasteiger charge is -2.11. The van der Waals surface area contributed by atoms with Crippen LogP contribution in [0.4, 0.5) is 0 Å². The predicted molar refractivity (Wildman–Crippen MR) is 61.4 cm³/mol. The highest BCUT2D eigenvalue weighted by Crippen LogP contribution is 2.13. The third-order valence-corrected chi connectivity index (χ3v) is 2.18. The summed E-state index contributed by atoms with van der Waals surface area (Å²) in [5.41, 5.74) is 6.83. The van der Waals surface area contributed by atoms with E-state index in [0.29, 0.717) is 0 Å². The summed E-state index contributed by atoms with van der Waals surface area (Å²) in [6.07, 6.45) is 9.46. The molecule has 2 heteroatoms. The number of para-hydroxylation sites is 1. The molecule has 1 aliphatic carbocycles. The molecule has 2 nitrogen and oxygen atoms in total. The molecule has 0 saturated carbocycles. The van der Waals surface area contributed by atoms with Gasteiger partial charge in [0, 0.05) is 5.57 Å². The lowest BCUT2D eigenvalue weighted by molar-refractivity contribution is 0.474. The second-order valence-corrected chi connectivity index (χ2v) is 3.32. The summed E-state index contributed by atoms with van der Waals surface area (Å²) >= 11 is 0. The predicted octanol–water partition coefficient (Wildman–Crippen LogP) is 2.40. The average molecular weight is 199 g/mol. The third-order valence-electron chi connectivity index (χ3n) is 2.18. The standard InChI is InChI=1S/C13H13NO/c14-13-9-5-4-6-11(13)10-15-12-7-2-1-3-8-12/h1-10,13H,14H2. The van der Waals surface area contributed by atoms with E-state index >= 15 is 0 Å². The van der Waals surface area contributed by atoms with E-state index in [4.69, 9.17) is 10.5 Å². The van der Waals surface area contributed by atoms with E-state index in [-0.39, 0.29) is 6.04 Å². The van der Waals surface area contributed by atoms with E-state index in [2.05, 4.69) is 0 Å². The molecule has 0 spiro atoms. The van der Waals surface area contributed by atoms with Crippen molar-refractivity contribution in [2.24, 2.45) is 5.73 Å². The summed E-state index contributed by atoms with van der Waals surface area (Å²) in [4.78, 5) is 0. The maximum atomic E-state index is 5.86. The van der Waals surface area contributed by atoms with E-state index in [0.717, 1.165) is 11.3 Å². The van der Waals surface area contributed by atoms with Gasteiger partial charge in [0.25, 0.3) is 0 Å². The van der Waals surface area contributed by atoms with Crippen LogP contribution in [-0.2, 0) is 0 Å². The fraction of sp³-hybridized carbons (Fsp3) is 0.0769. The zero-order valence-electron chi connectivity index (χ0n) is 8.34. The largest absolute Gasteiger partial charge is 0.465 e. The van der Waals surface area contributed by atoms with Crippen molar-refractivity contribution in [3.8, 4) is 5.75 Å². The fourth-order valence-corrected chi connectivity index (χ4v) is 1.33. The second-order valence-electron chi connectivity index (χ2n) is 3.32. The van der Waals surface area contributed by atoms with E-state index in [1.165, 1.54) is 0 Å². The number of allylic oxidation sites excluding steroid dienone is 2. The molecular weight excluding hydrogens is 186 g/mol. The van der Waals surface area contributed by atoms with Gasteiger partial charge in [-0.2, -0.15) is 0 Å². The molecule has 2 rings (SSSR count). The molecule has 0 aliphatic heterocycles. The van der Waals surface area contributed by atoms with Crippen molar-refractivity contribution in [2.45, 2.75) is 6.04 Å². The van der Waals surface area contributed by atoms with Gasteiger partial charge in [-0.25, -0.2) is 0 Å². The van der Waals surface area contributed by atoms with Gasteiger partial charge in [-0.15, -0.1) is 0 Å². The number of rotatable bonds is 2. The first kappa shape index (κ1) is 9.74. The zero-order valence-corrected chi connectivity index (χ0v) is 8.34. The Kier molecular flexibility index (Phi) is 3.00. The molecule has 15 heavy (non-hydrogen) atoms. The van der Waals surface area contributed by atoms with Gasteiger partial charge < -0.3 is 10.5 Å². The molecule has 0 bridgehead atoms. The van der Waals surface area contributed by atoms with Crippen LogP contribution >= 0.6 is 0 Å². The smallest absolute Gasteiger partial charge is 0.126 e. The molecule has 1 atom stereocenters. The van der Waals surface area contributed by atoms with E-state index < -0.39 is 0 Å². The molecule has 0 saturated heterocycles. The van der Waals surface area contributed by atoms with Crippen molar-refractivity contribution in [3.05, 3.63) is 66.5 Å². The Balaban J connectivity index is 2.06. The van der Waals surface area contributed by atoms with Crippen molar-refractivity contribution in [1.82, 2.24) is 0 Å². The number of nitrogens with two attached hydrogens (primary N) is 1. The van der Waals surface area contributed by atoms with Crippen LogP contribution < -0.4 is 10.5 Å². The molecular formula is C13H13NO. The molecule has 1 aromatic rings. The summed E-state index contributed by atoms with van der Waals surface area (Å²) in [6, 6.07) is 9.57. The monoisotopic (exact) mass is 199 g/mol. The Labute approximate surface area is 89.4 Å². The lowest BCUT2D eigenvalue weighted by atomic mass is 10.1. The Bertz CT molecular complexity index is 404. The van der Waals surface area contributed by atoms with Gasteiger partial charge in [0.1, 0.15) is 5.75 Å². The van der Waals surface area contributed by atoms with E-state index in [1.54, 1.807) is 6.26 Å². The Hall–Kier alpha value is -1.80. The van der Waals surface area contributed by atoms with Gasteiger partial charge in [0.2, 0.25) is 0 Å². The number of ether oxygens (including phenoxy) is 1. The topological polar surface area (TPSA) is 35.2 Å². The van der Waals surface area contributed by atoms with Crippen molar-refractivity contribution < 1.29 is 4.74 Å². The molecule has 1 unspecified atom stereocenters. The van der Waals surface area contributed by atoms with Crippen LogP contribution in [0.1, 0.15) is 0 Å². The second kappa shape index (κ2) is 4.62. The Morgan fingerprint density at radius 1 is 1.13 bits per heavy atom. The summed E-state index contributed by atoms with van der Waals surface area (Å²) in [6.45, 7) is 0. The minimum absolute atomic E-state index is 0.0706. The van der Waals surface area contributed by atoms with Crippen molar-refractivity contribution in [1.29, 1.82) is 0 Å². The summed E-state index contributed by atoms with van der Waals surface area (Å²) in [5.74, 6) is 0.820. The first-order chi connectivity index (χ1) is 7.36. The van der Waals surface area contributed by atoms with Crippen LogP contribution in [0.5, 0.6) is 5.75 Å². The van der Waals surface area contributed by atoms with Crippen LogP contribution in [0.15, 0.2) is 66.5 Å². The first-order valence-corrected chi connectivity index (χ1v) is 4.88. The number of hydrogen-bond acceptors (Lipinski definition) is 2. The number of benzene rings is 1. The van der Waals surface area contributed by atoms with Gasteiger partial charge in [0.05, 0.1) is 12.3 Å².